The van der Waals surface area contributed by atoms with Crippen LogP contribution in [-0.2, 0) is 0 Å². The SMILES string of the molecule is C[C@H](Br)CNCCCN. The first-order chi connectivity index (χ1) is 4.27. The Morgan fingerprint density at radius 3 is 2.78 bits per heavy atom. The van der Waals surface area contributed by atoms with E-state index in [1.54, 1.807) is 0 Å². The molecule has 3 heteroatoms. The van der Waals surface area contributed by atoms with Crippen molar-refractivity contribution in [3.8, 4) is 0 Å². The molecule has 0 aromatic rings. The van der Waals surface area contributed by atoms with E-state index in [9.17, 15) is 0 Å². The van der Waals surface area contributed by atoms with Crippen LogP contribution in [0.25, 0.3) is 0 Å². The van der Waals surface area contributed by atoms with Gasteiger partial charge in [0.2, 0.25) is 0 Å². The maximum absolute atomic E-state index is 5.29. The van der Waals surface area contributed by atoms with Gasteiger partial charge in [0.25, 0.3) is 0 Å². The second kappa shape index (κ2) is 6.52. The molecule has 0 aromatic carbocycles. The highest BCUT2D eigenvalue weighted by Crippen LogP contribution is 1.92. The summed E-state index contributed by atoms with van der Waals surface area (Å²) in [5.41, 5.74) is 5.29. The molecule has 0 aliphatic carbocycles. The van der Waals surface area contributed by atoms with Crippen molar-refractivity contribution in [2.45, 2.75) is 18.2 Å². The number of nitrogens with one attached hydrogen (secondary N) is 1. The number of halogens is 1. The highest BCUT2D eigenvalue weighted by Gasteiger charge is 1.91. The van der Waals surface area contributed by atoms with Gasteiger partial charge < -0.3 is 11.1 Å². The molecule has 0 saturated heterocycles. The lowest BCUT2D eigenvalue weighted by molar-refractivity contribution is 0.654. The van der Waals surface area contributed by atoms with Gasteiger partial charge in [-0.15, -0.1) is 0 Å². The fourth-order valence-electron chi connectivity index (χ4n) is 0.528. The molecule has 0 bridgehead atoms. The highest BCUT2D eigenvalue weighted by atomic mass is 79.9. The molecule has 0 aliphatic rings. The summed E-state index contributed by atoms with van der Waals surface area (Å²) in [6.45, 7) is 4.96. The Kier molecular flexibility index (Phi) is 6.81. The fourth-order valence-corrected chi connectivity index (χ4v) is 0.757. The zero-order valence-corrected chi connectivity index (χ0v) is 7.45. The zero-order valence-electron chi connectivity index (χ0n) is 5.86. The summed E-state index contributed by atoms with van der Waals surface area (Å²) in [6.07, 6.45) is 1.07. The Hall–Kier alpha value is 0.400. The van der Waals surface area contributed by atoms with Gasteiger partial charge in [0, 0.05) is 11.4 Å². The van der Waals surface area contributed by atoms with Gasteiger partial charge in [-0.1, -0.05) is 22.9 Å². The first kappa shape index (κ1) is 9.40. The summed E-state index contributed by atoms with van der Waals surface area (Å²) < 4.78 is 0. The van der Waals surface area contributed by atoms with Crippen molar-refractivity contribution in [2.24, 2.45) is 5.73 Å². The summed E-state index contributed by atoms with van der Waals surface area (Å²) in [4.78, 5) is 0.565. The van der Waals surface area contributed by atoms with Crippen LogP contribution in [0.4, 0.5) is 0 Å². The number of nitrogens with two attached hydrogens (primary N) is 1. The van der Waals surface area contributed by atoms with Crippen molar-refractivity contribution < 1.29 is 0 Å². The lowest BCUT2D eigenvalue weighted by Crippen LogP contribution is -2.23. The monoisotopic (exact) mass is 194 g/mol. The Labute approximate surface area is 65.3 Å². The third-order valence-electron chi connectivity index (χ3n) is 0.983. The van der Waals surface area contributed by atoms with Gasteiger partial charge in [0.15, 0.2) is 0 Å². The lowest BCUT2D eigenvalue weighted by atomic mass is 10.4. The molecule has 0 aliphatic heterocycles. The van der Waals surface area contributed by atoms with E-state index in [4.69, 9.17) is 5.73 Å². The minimum atomic E-state index is 0.565. The largest absolute Gasteiger partial charge is 0.330 e. The molecule has 0 aromatic heterocycles. The first-order valence-electron chi connectivity index (χ1n) is 3.32. The summed E-state index contributed by atoms with van der Waals surface area (Å²) in [6, 6.07) is 0. The van der Waals surface area contributed by atoms with Crippen molar-refractivity contribution in [1.82, 2.24) is 5.32 Å². The molecule has 1 atom stereocenters. The van der Waals surface area contributed by atoms with Gasteiger partial charge >= 0.3 is 0 Å². The standard InChI is InChI=1S/C6H15BrN2/c1-6(7)5-9-4-2-3-8/h6,9H,2-5,8H2,1H3/t6-/m0/s1. The van der Waals surface area contributed by atoms with Gasteiger partial charge in [-0.2, -0.15) is 0 Å². The molecule has 0 amide bonds. The number of rotatable bonds is 5. The normalized spacial score (nSPS) is 13.7. The Bertz CT molecular complexity index is 57.0. The van der Waals surface area contributed by atoms with Crippen LogP contribution in [0.1, 0.15) is 13.3 Å². The van der Waals surface area contributed by atoms with Crippen LogP contribution in [-0.4, -0.2) is 24.5 Å². The molecule has 56 valence electrons. The molecular formula is C6H15BrN2. The molecule has 9 heavy (non-hydrogen) atoms. The molecule has 0 unspecified atom stereocenters. The average Bonchev–Trinajstić information content (AvgIpc) is 1.80. The predicted octanol–water partition coefficient (Wildman–Crippen LogP) is 0.708. The Balaban J connectivity index is 2.75. The van der Waals surface area contributed by atoms with E-state index in [2.05, 4.69) is 28.2 Å². The predicted molar refractivity (Wildman–Crippen MR) is 44.9 cm³/mol. The summed E-state index contributed by atoms with van der Waals surface area (Å²) in [5.74, 6) is 0. The van der Waals surface area contributed by atoms with Crippen LogP contribution in [0.5, 0.6) is 0 Å². The molecule has 0 saturated carbocycles. The summed E-state index contributed by atoms with van der Waals surface area (Å²) >= 11 is 3.43. The average molecular weight is 195 g/mol. The Morgan fingerprint density at radius 1 is 1.67 bits per heavy atom. The molecule has 0 radical (unpaired) electrons. The first-order valence-corrected chi connectivity index (χ1v) is 4.23. The van der Waals surface area contributed by atoms with E-state index in [0.717, 1.165) is 26.1 Å². The zero-order chi connectivity index (χ0) is 7.11. The van der Waals surface area contributed by atoms with Gasteiger partial charge in [0.05, 0.1) is 0 Å². The molecular weight excluding hydrogens is 180 g/mol. The quantitative estimate of drug-likeness (QED) is 0.500. The maximum Gasteiger partial charge on any atom is 0.0242 e. The maximum atomic E-state index is 5.29. The minimum Gasteiger partial charge on any atom is -0.330 e. The fraction of sp³-hybridized carbons (Fsp3) is 1.00. The smallest absolute Gasteiger partial charge is 0.0242 e. The second-order valence-corrected chi connectivity index (χ2v) is 3.69. The number of hydrogen-bond donors (Lipinski definition) is 2. The number of hydrogen-bond acceptors (Lipinski definition) is 2. The van der Waals surface area contributed by atoms with Crippen molar-refractivity contribution in [1.29, 1.82) is 0 Å². The van der Waals surface area contributed by atoms with Crippen molar-refractivity contribution >= 4 is 15.9 Å². The minimum absolute atomic E-state index is 0.565. The van der Waals surface area contributed by atoms with E-state index < -0.39 is 0 Å². The second-order valence-electron chi connectivity index (χ2n) is 2.13. The highest BCUT2D eigenvalue weighted by molar-refractivity contribution is 9.09. The third-order valence-corrected chi connectivity index (χ3v) is 1.31. The van der Waals surface area contributed by atoms with Crippen molar-refractivity contribution in [3.63, 3.8) is 0 Å². The molecule has 0 heterocycles. The van der Waals surface area contributed by atoms with E-state index in [1.807, 2.05) is 0 Å². The van der Waals surface area contributed by atoms with Crippen molar-refractivity contribution in [3.05, 3.63) is 0 Å². The van der Waals surface area contributed by atoms with E-state index in [-0.39, 0.29) is 0 Å². The molecule has 3 N–H and O–H groups in total. The summed E-state index contributed by atoms with van der Waals surface area (Å²) in [7, 11) is 0. The van der Waals surface area contributed by atoms with Gasteiger partial charge in [-0.05, 0) is 19.5 Å². The molecule has 0 rings (SSSR count). The van der Waals surface area contributed by atoms with E-state index in [0.29, 0.717) is 4.83 Å². The van der Waals surface area contributed by atoms with Crippen LogP contribution in [0.2, 0.25) is 0 Å². The molecule has 0 fully saturated rings. The molecule has 0 spiro atoms. The summed E-state index contributed by atoms with van der Waals surface area (Å²) in [5, 5.41) is 3.26. The molecule has 2 nitrogen and oxygen atoms in total. The van der Waals surface area contributed by atoms with Gasteiger partial charge in [-0.25, -0.2) is 0 Å². The van der Waals surface area contributed by atoms with Gasteiger partial charge in [0.1, 0.15) is 0 Å². The van der Waals surface area contributed by atoms with Crippen LogP contribution < -0.4 is 11.1 Å². The number of alkyl halides is 1. The topological polar surface area (TPSA) is 38.0 Å². The van der Waals surface area contributed by atoms with E-state index in [1.165, 1.54) is 0 Å². The van der Waals surface area contributed by atoms with Crippen LogP contribution in [0.15, 0.2) is 0 Å². The van der Waals surface area contributed by atoms with Crippen molar-refractivity contribution in [2.75, 3.05) is 19.6 Å². The van der Waals surface area contributed by atoms with Crippen LogP contribution in [0.3, 0.4) is 0 Å². The van der Waals surface area contributed by atoms with Gasteiger partial charge in [-0.3, -0.25) is 0 Å². The Morgan fingerprint density at radius 2 is 2.33 bits per heavy atom. The lowest BCUT2D eigenvalue weighted by Gasteiger charge is -2.03. The van der Waals surface area contributed by atoms with E-state index >= 15 is 0 Å². The van der Waals surface area contributed by atoms with Crippen LogP contribution >= 0.6 is 15.9 Å². The third kappa shape index (κ3) is 8.40. The van der Waals surface area contributed by atoms with Crippen LogP contribution in [0, 0.1) is 0 Å².